The number of nitrogens with zero attached hydrogens (tertiary/aromatic N) is 3. The Balaban J connectivity index is 2.44. The number of aromatic amines is 1. The zero-order chi connectivity index (χ0) is 12.0. The van der Waals surface area contributed by atoms with Crippen LogP contribution in [0.3, 0.4) is 0 Å². The first-order valence-electron chi connectivity index (χ1n) is 4.88. The number of fused-ring (bicyclic) bond motifs is 1. The summed E-state index contributed by atoms with van der Waals surface area (Å²) in [5, 5.41) is 6.55. The van der Waals surface area contributed by atoms with Crippen LogP contribution in [0.25, 0.3) is 15.9 Å². The first-order chi connectivity index (χ1) is 8.16. The van der Waals surface area contributed by atoms with Crippen molar-refractivity contribution in [2.75, 3.05) is 0 Å². The summed E-state index contributed by atoms with van der Waals surface area (Å²) in [6.07, 6.45) is 3.37. The van der Waals surface area contributed by atoms with Gasteiger partial charge >= 0.3 is 0 Å². The normalized spacial score (nSPS) is 11.1. The van der Waals surface area contributed by atoms with E-state index in [4.69, 9.17) is 12.2 Å². The van der Waals surface area contributed by atoms with E-state index in [0.717, 1.165) is 4.83 Å². The number of hydrogen-bond donors (Lipinski definition) is 1. The Bertz CT molecular complexity index is 807. The molecule has 0 amide bonds. The SMILES string of the molecule is Cn1cc(-n2c(=S)[nH]c3sccc3c2=O)cn1. The van der Waals surface area contributed by atoms with Gasteiger partial charge in [0, 0.05) is 13.2 Å². The van der Waals surface area contributed by atoms with Crippen molar-refractivity contribution in [3.05, 3.63) is 39.0 Å². The second-order valence-electron chi connectivity index (χ2n) is 3.61. The molecule has 1 N–H and O–H groups in total. The lowest BCUT2D eigenvalue weighted by molar-refractivity contribution is 0.766. The second kappa shape index (κ2) is 3.64. The van der Waals surface area contributed by atoms with Gasteiger partial charge in [0.1, 0.15) is 4.83 Å². The zero-order valence-corrected chi connectivity index (χ0v) is 10.5. The van der Waals surface area contributed by atoms with Gasteiger partial charge in [-0.3, -0.25) is 9.48 Å². The summed E-state index contributed by atoms with van der Waals surface area (Å²) >= 11 is 6.67. The van der Waals surface area contributed by atoms with Crippen LogP contribution >= 0.6 is 23.6 Å². The summed E-state index contributed by atoms with van der Waals surface area (Å²) in [5.74, 6) is 0. The highest BCUT2D eigenvalue weighted by atomic mass is 32.1. The van der Waals surface area contributed by atoms with Crippen LogP contribution in [0.15, 0.2) is 28.6 Å². The van der Waals surface area contributed by atoms with Gasteiger partial charge in [-0.05, 0) is 23.7 Å². The molecule has 17 heavy (non-hydrogen) atoms. The summed E-state index contributed by atoms with van der Waals surface area (Å²) < 4.78 is 3.48. The lowest BCUT2D eigenvalue weighted by atomic mass is 10.4. The standard InChI is InChI=1S/C10H8N4OS2/c1-13-5-6(4-11-13)14-9(15)7-2-3-17-8(7)12-10(14)16/h2-5H,1H3,(H,12,16). The number of hydrogen-bond acceptors (Lipinski definition) is 4. The van der Waals surface area contributed by atoms with Crippen molar-refractivity contribution in [1.29, 1.82) is 0 Å². The first kappa shape index (κ1) is 10.4. The molecule has 0 saturated carbocycles. The third-order valence-electron chi connectivity index (χ3n) is 2.47. The Morgan fingerprint density at radius 1 is 1.53 bits per heavy atom. The van der Waals surface area contributed by atoms with E-state index in [1.54, 1.807) is 30.2 Å². The molecule has 0 unspecified atom stereocenters. The fourth-order valence-corrected chi connectivity index (χ4v) is 2.83. The van der Waals surface area contributed by atoms with Crippen molar-refractivity contribution in [2.24, 2.45) is 7.05 Å². The first-order valence-corrected chi connectivity index (χ1v) is 6.17. The Morgan fingerprint density at radius 3 is 3.06 bits per heavy atom. The predicted molar refractivity (Wildman–Crippen MR) is 69.4 cm³/mol. The van der Waals surface area contributed by atoms with Crippen molar-refractivity contribution in [3.63, 3.8) is 0 Å². The summed E-state index contributed by atoms with van der Waals surface area (Å²) in [6, 6.07) is 1.79. The van der Waals surface area contributed by atoms with E-state index in [0.29, 0.717) is 15.8 Å². The van der Waals surface area contributed by atoms with E-state index in [1.165, 1.54) is 15.9 Å². The molecule has 3 heterocycles. The van der Waals surface area contributed by atoms with Gasteiger partial charge in [-0.15, -0.1) is 11.3 Å². The monoisotopic (exact) mass is 264 g/mol. The molecular formula is C10H8N4OS2. The highest BCUT2D eigenvalue weighted by Gasteiger charge is 2.09. The van der Waals surface area contributed by atoms with Crippen LogP contribution in [0.1, 0.15) is 0 Å². The van der Waals surface area contributed by atoms with Crippen LogP contribution in [0.2, 0.25) is 0 Å². The molecule has 3 aromatic rings. The average Bonchev–Trinajstić information content (AvgIpc) is 2.87. The molecular weight excluding hydrogens is 256 g/mol. The van der Waals surface area contributed by atoms with Crippen LogP contribution in [0.5, 0.6) is 0 Å². The topological polar surface area (TPSA) is 55.6 Å². The zero-order valence-electron chi connectivity index (χ0n) is 8.88. The van der Waals surface area contributed by atoms with Crippen LogP contribution < -0.4 is 5.56 Å². The fraction of sp³-hybridized carbons (Fsp3) is 0.100. The third kappa shape index (κ3) is 1.55. The van der Waals surface area contributed by atoms with Gasteiger partial charge in [-0.2, -0.15) is 5.10 Å². The fourth-order valence-electron chi connectivity index (χ4n) is 1.70. The minimum atomic E-state index is -0.113. The molecule has 0 atom stereocenters. The minimum Gasteiger partial charge on any atom is -0.323 e. The molecule has 0 bridgehead atoms. The lowest BCUT2D eigenvalue weighted by Crippen LogP contribution is -2.19. The predicted octanol–water partition coefficient (Wildman–Crippen LogP) is 1.84. The maximum Gasteiger partial charge on any atom is 0.267 e. The van der Waals surface area contributed by atoms with Crippen molar-refractivity contribution >= 4 is 33.8 Å². The molecule has 5 nitrogen and oxygen atoms in total. The van der Waals surface area contributed by atoms with Crippen LogP contribution in [0.4, 0.5) is 0 Å². The number of aryl methyl sites for hydroxylation is 1. The molecule has 86 valence electrons. The Hall–Kier alpha value is -1.73. The average molecular weight is 264 g/mol. The van der Waals surface area contributed by atoms with Gasteiger partial charge in [0.2, 0.25) is 0 Å². The molecule has 0 spiro atoms. The number of thiophene rings is 1. The van der Waals surface area contributed by atoms with Gasteiger partial charge < -0.3 is 4.98 Å². The maximum atomic E-state index is 12.3. The highest BCUT2D eigenvalue weighted by Crippen LogP contribution is 2.15. The second-order valence-corrected chi connectivity index (χ2v) is 4.91. The number of rotatable bonds is 1. The van der Waals surface area contributed by atoms with Gasteiger partial charge in [-0.1, -0.05) is 0 Å². The van der Waals surface area contributed by atoms with Gasteiger partial charge in [0.25, 0.3) is 5.56 Å². The molecule has 0 aromatic carbocycles. The van der Waals surface area contributed by atoms with Crippen LogP contribution in [-0.4, -0.2) is 19.3 Å². The number of aromatic nitrogens is 4. The van der Waals surface area contributed by atoms with E-state index in [-0.39, 0.29) is 5.56 Å². The molecule has 0 radical (unpaired) electrons. The van der Waals surface area contributed by atoms with Crippen molar-refractivity contribution in [1.82, 2.24) is 19.3 Å². The largest absolute Gasteiger partial charge is 0.323 e. The molecule has 7 heteroatoms. The van der Waals surface area contributed by atoms with Crippen molar-refractivity contribution in [2.45, 2.75) is 0 Å². The van der Waals surface area contributed by atoms with E-state index >= 15 is 0 Å². The van der Waals surface area contributed by atoms with Crippen LogP contribution in [0, 0.1) is 4.77 Å². The van der Waals surface area contributed by atoms with Gasteiger partial charge in [0.15, 0.2) is 4.77 Å². The molecule has 0 aliphatic heterocycles. The smallest absolute Gasteiger partial charge is 0.267 e. The quantitative estimate of drug-likeness (QED) is 0.682. The molecule has 0 fully saturated rings. The summed E-state index contributed by atoms with van der Waals surface area (Å²) in [4.78, 5) is 16.1. The van der Waals surface area contributed by atoms with E-state index in [2.05, 4.69) is 10.1 Å². The molecule has 3 aromatic heterocycles. The Morgan fingerprint density at radius 2 is 2.35 bits per heavy atom. The van der Waals surface area contributed by atoms with E-state index < -0.39 is 0 Å². The summed E-state index contributed by atoms with van der Waals surface area (Å²) in [6.45, 7) is 0. The number of H-pyrrole nitrogens is 1. The summed E-state index contributed by atoms with van der Waals surface area (Å²) in [5.41, 5.74) is 0.560. The minimum absolute atomic E-state index is 0.113. The molecule has 3 rings (SSSR count). The summed E-state index contributed by atoms with van der Waals surface area (Å²) in [7, 11) is 1.80. The lowest BCUT2D eigenvalue weighted by Gasteiger charge is -2.02. The van der Waals surface area contributed by atoms with Gasteiger partial charge in [-0.25, -0.2) is 4.57 Å². The molecule has 0 aliphatic carbocycles. The van der Waals surface area contributed by atoms with Gasteiger partial charge in [0.05, 0.1) is 17.3 Å². The Labute approximate surface area is 105 Å². The number of nitrogens with one attached hydrogen (secondary N) is 1. The highest BCUT2D eigenvalue weighted by molar-refractivity contribution is 7.71. The van der Waals surface area contributed by atoms with E-state index in [1.807, 2.05) is 5.38 Å². The Kier molecular flexibility index (Phi) is 2.23. The molecule has 0 saturated heterocycles. The van der Waals surface area contributed by atoms with Crippen LogP contribution in [-0.2, 0) is 7.05 Å². The van der Waals surface area contributed by atoms with E-state index in [9.17, 15) is 4.79 Å². The maximum absolute atomic E-state index is 12.3. The van der Waals surface area contributed by atoms with Crippen molar-refractivity contribution < 1.29 is 0 Å². The molecule has 0 aliphatic rings. The third-order valence-corrected chi connectivity index (χ3v) is 3.59. The van der Waals surface area contributed by atoms with Crippen molar-refractivity contribution in [3.8, 4) is 5.69 Å².